The Morgan fingerprint density at radius 1 is 1.30 bits per heavy atom. The summed E-state index contributed by atoms with van der Waals surface area (Å²) in [5.74, 6) is -0.389. The Morgan fingerprint density at radius 3 is 2.48 bits per heavy atom. The maximum absolute atomic E-state index is 12.9. The molecule has 2 fully saturated rings. The van der Waals surface area contributed by atoms with Crippen molar-refractivity contribution in [3.63, 3.8) is 0 Å². The molecular formula is C19H22N4O4. The van der Waals surface area contributed by atoms with Crippen molar-refractivity contribution in [2.24, 2.45) is 0 Å². The summed E-state index contributed by atoms with van der Waals surface area (Å²) in [6, 6.07) is 8.32. The van der Waals surface area contributed by atoms with Gasteiger partial charge in [0.05, 0.1) is 13.2 Å². The molecule has 142 valence electrons. The Kier molecular flexibility index (Phi) is 4.79. The number of methoxy groups -OCH3 is 1. The summed E-state index contributed by atoms with van der Waals surface area (Å²) in [6.45, 7) is 1.18. The summed E-state index contributed by atoms with van der Waals surface area (Å²) in [7, 11) is 1.54. The summed E-state index contributed by atoms with van der Waals surface area (Å²) in [4.78, 5) is 38.5. The molecule has 4 amide bonds. The second-order valence-corrected chi connectivity index (χ2v) is 7.12. The minimum Gasteiger partial charge on any atom is -0.497 e. The van der Waals surface area contributed by atoms with Crippen LogP contribution in [0.5, 0.6) is 5.75 Å². The van der Waals surface area contributed by atoms with E-state index in [1.54, 1.807) is 31.2 Å². The monoisotopic (exact) mass is 370 g/mol. The SMILES string of the molecule is COc1ccc([C@]2(C)NC(=O)N(CC(=O)NC3(C#N)CCCC3)C2=O)cc1. The molecule has 27 heavy (non-hydrogen) atoms. The van der Waals surface area contributed by atoms with E-state index in [0.29, 0.717) is 24.2 Å². The van der Waals surface area contributed by atoms with E-state index in [-0.39, 0.29) is 0 Å². The van der Waals surface area contributed by atoms with Crippen LogP contribution in [-0.2, 0) is 15.1 Å². The second kappa shape index (κ2) is 6.91. The molecule has 1 aliphatic carbocycles. The molecule has 1 atom stereocenters. The fourth-order valence-corrected chi connectivity index (χ4v) is 3.65. The molecule has 1 aromatic rings. The zero-order valence-electron chi connectivity index (χ0n) is 15.4. The van der Waals surface area contributed by atoms with Crippen LogP contribution in [0.3, 0.4) is 0 Å². The van der Waals surface area contributed by atoms with Gasteiger partial charge in [0.1, 0.15) is 23.4 Å². The largest absolute Gasteiger partial charge is 0.497 e. The van der Waals surface area contributed by atoms with Crippen molar-refractivity contribution in [2.45, 2.75) is 43.7 Å². The molecule has 0 aromatic heterocycles. The number of hydrogen-bond donors (Lipinski definition) is 2. The van der Waals surface area contributed by atoms with E-state index in [1.807, 2.05) is 0 Å². The predicted molar refractivity (Wildman–Crippen MR) is 95.5 cm³/mol. The number of nitrogens with one attached hydrogen (secondary N) is 2. The number of rotatable bonds is 5. The summed E-state index contributed by atoms with van der Waals surface area (Å²) in [5.41, 5.74) is -1.56. The van der Waals surface area contributed by atoms with Gasteiger partial charge < -0.3 is 15.4 Å². The standard InChI is InChI=1S/C19H22N4O4/c1-18(13-5-7-14(27-2)8-6-13)16(25)23(17(26)22-18)11-15(24)21-19(12-20)9-3-4-10-19/h5-8H,3-4,9-11H2,1-2H3,(H,21,24)(H,22,26)/t18-/m0/s1. The van der Waals surface area contributed by atoms with E-state index in [2.05, 4.69) is 16.7 Å². The zero-order valence-corrected chi connectivity index (χ0v) is 15.4. The fraction of sp³-hybridized carbons (Fsp3) is 0.474. The molecule has 8 heteroatoms. The topological polar surface area (TPSA) is 112 Å². The number of ether oxygens (including phenoxy) is 1. The van der Waals surface area contributed by atoms with E-state index in [1.165, 1.54) is 7.11 Å². The van der Waals surface area contributed by atoms with Gasteiger partial charge in [-0.3, -0.25) is 14.5 Å². The van der Waals surface area contributed by atoms with Crippen LogP contribution in [0.4, 0.5) is 4.79 Å². The first kappa shape index (κ1) is 18.7. The number of benzene rings is 1. The van der Waals surface area contributed by atoms with Gasteiger partial charge in [-0.2, -0.15) is 5.26 Å². The Balaban J connectivity index is 1.73. The van der Waals surface area contributed by atoms with Crippen LogP contribution >= 0.6 is 0 Å². The molecule has 0 bridgehead atoms. The number of nitriles is 1. The van der Waals surface area contributed by atoms with Crippen molar-refractivity contribution in [1.82, 2.24) is 15.5 Å². The van der Waals surface area contributed by atoms with Crippen molar-refractivity contribution in [1.29, 1.82) is 5.26 Å². The number of nitrogens with zero attached hydrogens (tertiary/aromatic N) is 2. The third kappa shape index (κ3) is 3.33. The lowest BCUT2D eigenvalue weighted by Gasteiger charge is -2.24. The first-order chi connectivity index (χ1) is 12.8. The molecule has 8 nitrogen and oxygen atoms in total. The maximum atomic E-state index is 12.9. The van der Waals surface area contributed by atoms with Crippen molar-refractivity contribution in [3.05, 3.63) is 29.8 Å². The minimum atomic E-state index is -1.26. The van der Waals surface area contributed by atoms with Gasteiger partial charge in [-0.15, -0.1) is 0 Å². The Hall–Kier alpha value is -3.08. The smallest absolute Gasteiger partial charge is 0.325 e. The van der Waals surface area contributed by atoms with Gasteiger partial charge in [0.15, 0.2) is 0 Å². The molecule has 0 radical (unpaired) electrons. The molecule has 1 saturated heterocycles. The van der Waals surface area contributed by atoms with Gasteiger partial charge in [-0.05, 0) is 50.3 Å². The highest BCUT2D eigenvalue weighted by molar-refractivity contribution is 6.09. The van der Waals surface area contributed by atoms with Crippen LogP contribution < -0.4 is 15.4 Å². The quantitative estimate of drug-likeness (QED) is 0.761. The van der Waals surface area contributed by atoms with Crippen molar-refractivity contribution in [3.8, 4) is 11.8 Å². The summed E-state index contributed by atoms with van der Waals surface area (Å²) >= 11 is 0. The van der Waals surface area contributed by atoms with Gasteiger partial charge in [0.25, 0.3) is 5.91 Å². The zero-order chi connectivity index (χ0) is 19.7. The molecule has 2 N–H and O–H groups in total. The highest BCUT2D eigenvalue weighted by atomic mass is 16.5. The van der Waals surface area contributed by atoms with Crippen molar-refractivity contribution in [2.75, 3.05) is 13.7 Å². The molecule has 0 spiro atoms. The van der Waals surface area contributed by atoms with Crippen LogP contribution in [0.2, 0.25) is 0 Å². The van der Waals surface area contributed by atoms with Crippen LogP contribution in [0, 0.1) is 11.3 Å². The van der Waals surface area contributed by atoms with E-state index in [9.17, 15) is 19.6 Å². The number of hydrogen-bond acceptors (Lipinski definition) is 5. The van der Waals surface area contributed by atoms with E-state index >= 15 is 0 Å². The molecular weight excluding hydrogens is 348 g/mol. The lowest BCUT2D eigenvalue weighted by molar-refractivity contribution is -0.135. The molecule has 0 unspecified atom stereocenters. The third-order valence-corrected chi connectivity index (χ3v) is 5.29. The van der Waals surface area contributed by atoms with E-state index in [4.69, 9.17) is 4.74 Å². The van der Waals surface area contributed by atoms with Crippen LogP contribution in [-0.4, -0.2) is 41.9 Å². The normalized spacial score (nSPS) is 23.7. The lowest BCUT2D eigenvalue weighted by atomic mass is 9.92. The average molecular weight is 370 g/mol. The van der Waals surface area contributed by atoms with Gasteiger partial charge >= 0.3 is 6.03 Å². The van der Waals surface area contributed by atoms with Crippen molar-refractivity contribution >= 4 is 17.8 Å². The summed E-state index contributed by atoms with van der Waals surface area (Å²) in [6.07, 6.45) is 2.90. The van der Waals surface area contributed by atoms with E-state index < -0.39 is 35.5 Å². The van der Waals surface area contributed by atoms with Crippen LogP contribution in [0.1, 0.15) is 38.2 Å². The molecule has 1 aromatic carbocycles. The number of urea groups is 1. The van der Waals surface area contributed by atoms with Crippen molar-refractivity contribution < 1.29 is 19.1 Å². The second-order valence-electron chi connectivity index (χ2n) is 7.12. The molecule has 1 aliphatic heterocycles. The molecule has 1 heterocycles. The molecule has 3 rings (SSSR count). The number of amides is 4. The van der Waals surface area contributed by atoms with Gasteiger partial charge in [0, 0.05) is 0 Å². The molecule has 1 saturated carbocycles. The summed E-state index contributed by atoms with van der Waals surface area (Å²) in [5, 5.41) is 14.7. The predicted octanol–water partition coefficient (Wildman–Crippen LogP) is 1.41. The minimum absolute atomic E-state index is 0.417. The first-order valence-electron chi connectivity index (χ1n) is 8.84. The Bertz CT molecular complexity index is 808. The first-order valence-corrected chi connectivity index (χ1v) is 8.84. The highest BCUT2D eigenvalue weighted by Crippen LogP contribution is 2.31. The summed E-state index contributed by atoms with van der Waals surface area (Å²) < 4.78 is 5.11. The van der Waals surface area contributed by atoms with Crippen LogP contribution in [0.15, 0.2) is 24.3 Å². The third-order valence-electron chi connectivity index (χ3n) is 5.29. The van der Waals surface area contributed by atoms with E-state index in [0.717, 1.165) is 17.7 Å². The highest BCUT2D eigenvalue weighted by Gasteiger charge is 2.50. The van der Waals surface area contributed by atoms with Gasteiger partial charge in [-0.1, -0.05) is 12.1 Å². The Morgan fingerprint density at radius 2 is 1.93 bits per heavy atom. The van der Waals surface area contributed by atoms with Gasteiger partial charge in [0.2, 0.25) is 5.91 Å². The fourth-order valence-electron chi connectivity index (χ4n) is 3.65. The number of carbonyl (C=O) groups is 3. The lowest BCUT2D eigenvalue weighted by Crippen LogP contribution is -2.50. The maximum Gasteiger partial charge on any atom is 0.325 e. The molecule has 2 aliphatic rings. The van der Waals surface area contributed by atoms with Gasteiger partial charge in [-0.25, -0.2) is 4.79 Å². The Labute approximate surface area is 157 Å². The average Bonchev–Trinajstić information content (AvgIpc) is 3.21. The number of carbonyl (C=O) groups excluding carboxylic acids is 3. The van der Waals surface area contributed by atoms with Crippen LogP contribution in [0.25, 0.3) is 0 Å². The number of imide groups is 1.